The van der Waals surface area contributed by atoms with Gasteiger partial charge in [0.25, 0.3) is 5.56 Å². The number of rotatable bonds is 3. The van der Waals surface area contributed by atoms with Gasteiger partial charge in [0, 0.05) is 12.6 Å². The second-order valence-electron chi connectivity index (χ2n) is 5.04. The maximum Gasteiger partial charge on any atom is 0.286 e. The van der Waals surface area contributed by atoms with Gasteiger partial charge in [0.05, 0.1) is 16.8 Å². The van der Waals surface area contributed by atoms with Crippen molar-refractivity contribution in [1.82, 2.24) is 14.7 Å². The van der Waals surface area contributed by atoms with Crippen molar-refractivity contribution < 1.29 is 15.4 Å². The molecule has 118 valence electrons. The second-order valence-corrected chi connectivity index (χ2v) is 5.04. The average molecular weight is 314 g/mol. The number of nitrogens with one attached hydrogen (secondary N) is 1. The fourth-order valence-electron chi connectivity index (χ4n) is 2.31. The maximum absolute atomic E-state index is 11.8. The van der Waals surface area contributed by atoms with Gasteiger partial charge in [-0.05, 0) is 24.6 Å². The average Bonchev–Trinajstić information content (AvgIpc) is 2.53. The molecule has 0 atom stereocenters. The van der Waals surface area contributed by atoms with Gasteiger partial charge in [-0.2, -0.15) is 0 Å². The highest BCUT2D eigenvalue weighted by atomic mass is 16.5. The van der Waals surface area contributed by atoms with E-state index in [4.69, 9.17) is 0 Å². The summed E-state index contributed by atoms with van der Waals surface area (Å²) >= 11 is 0. The molecule has 0 aliphatic carbocycles. The largest absolute Gasteiger partial charge is 0.504 e. The lowest BCUT2D eigenvalue weighted by Gasteiger charge is -2.12. The smallest absolute Gasteiger partial charge is 0.286 e. The van der Waals surface area contributed by atoms with Crippen molar-refractivity contribution in [2.75, 3.05) is 5.32 Å². The van der Waals surface area contributed by atoms with E-state index in [-0.39, 0.29) is 17.1 Å². The maximum atomic E-state index is 11.8. The molecule has 0 aliphatic rings. The third kappa shape index (κ3) is 2.61. The lowest BCUT2D eigenvalue weighted by atomic mass is 10.1. The minimum Gasteiger partial charge on any atom is -0.504 e. The van der Waals surface area contributed by atoms with Crippen molar-refractivity contribution in [3.63, 3.8) is 0 Å². The van der Waals surface area contributed by atoms with Gasteiger partial charge in [0.1, 0.15) is 6.33 Å². The van der Waals surface area contributed by atoms with Crippen LogP contribution in [0.15, 0.2) is 35.4 Å². The summed E-state index contributed by atoms with van der Waals surface area (Å²) in [6, 6.07) is 5.69. The summed E-state index contributed by atoms with van der Waals surface area (Å²) in [6.07, 6.45) is 1.27. The Kier molecular flexibility index (Phi) is 3.49. The molecule has 0 saturated carbocycles. The Morgan fingerprint density at radius 2 is 1.96 bits per heavy atom. The van der Waals surface area contributed by atoms with Crippen molar-refractivity contribution in [3.05, 3.63) is 52.2 Å². The topological polar surface area (TPSA) is 121 Å². The number of fused-ring (bicyclic) bond motifs is 1. The van der Waals surface area contributed by atoms with E-state index in [9.17, 15) is 20.2 Å². The highest BCUT2D eigenvalue weighted by Crippen LogP contribution is 2.26. The molecule has 2 aromatic heterocycles. The molecule has 1 aromatic carbocycles. The normalized spacial score (nSPS) is 10.8. The van der Waals surface area contributed by atoms with Gasteiger partial charge in [-0.25, -0.2) is 9.97 Å². The molecule has 0 fully saturated rings. The predicted octanol–water partition coefficient (Wildman–Crippen LogP) is 1.36. The minimum absolute atomic E-state index is 0.112. The molecular weight excluding hydrogens is 300 g/mol. The Balaban J connectivity index is 2.01. The SMILES string of the molecule is Cc1ncnc2c1c(NCc1ccc(O)c(O)c1)cc(=O)n2O. The third-order valence-corrected chi connectivity index (χ3v) is 3.49. The van der Waals surface area contributed by atoms with Crippen LogP contribution in [-0.4, -0.2) is 30.1 Å². The first kappa shape index (κ1) is 14.6. The number of anilines is 1. The molecule has 0 bridgehead atoms. The standard InChI is InChI=1S/C15H14N4O4/c1-8-14-10(5-13(22)19(23)15(14)18-7-17-8)16-6-9-2-3-11(20)12(21)4-9/h2-5,7,16,20-21,23H,6H2,1H3. The molecule has 23 heavy (non-hydrogen) atoms. The summed E-state index contributed by atoms with van der Waals surface area (Å²) in [4.78, 5) is 19.8. The highest BCUT2D eigenvalue weighted by molar-refractivity contribution is 5.90. The lowest BCUT2D eigenvalue weighted by molar-refractivity contribution is 0.186. The molecule has 0 unspecified atom stereocenters. The van der Waals surface area contributed by atoms with Crippen LogP contribution in [0.3, 0.4) is 0 Å². The van der Waals surface area contributed by atoms with Crippen LogP contribution in [0.2, 0.25) is 0 Å². The van der Waals surface area contributed by atoms with Crippen LogP contribution in [0.4, 0.5) is 5.69 Å². The molecule has 0 aliphatic heterocycles. The van der Waals surface area contributed by atoms with Crippen LogP contribution < -0.4 is 10.9 Å². The second kappa shape index (κ2) is 5.48. The molecule has 4 N–H and O–H groups in total. The first-order chi connectivity index (χ1) is 11.0. The Morgan fingerprint density at radius 3 is 2.70 bits per heavy atom. The van der Waals surface area contributed by atoms with Crippen LogP contribution in [-0.2, 0) is 6.54 Å². The molecule has 3 rings (SSSR count). The summed E-state index contributed by atoms with van der Waals surface area (Å²) in [6.45, 7) is 2.04. The number of phenolic OH excluding ortho intramolecular Hbond substituents is 2. The minimum atomic E-state index is -0.619. The van der Waals surface area contributed by atoms with Crippen LogP contribution >= 0.6 is 0 Å². The summed E-state index contributed by atoms with van der Waals surface area (Å²) in [5.74, 6) is -0.425. The summed E-state index contributed by atoms with van der Waals surface area (Å²) in [5.41, 5.74) is 1.28. The van der Waals surface area contributed by atoms with Crippen LogP contribution in [0.25, 0.3) is 11.0 Å². The zero-order valence-corrected chi connectivity index (χ0v) is 12.2. The van der Waals surface area contributed by atoms with Crippen LogP contribution in [0, 0.1) is 6.92 Å². The van der Waals surface area contributed by atoms with Gasteiger partial charge in [0.2, 0.25) is 0 Å². The highest BCUT2D eigenvalue weighted by Gasteiger charge is 2.12. The molecule has 2 heterocycles. The summed E-state index contributed by atoms with van der Waals surface area (Å²) in [5, 5.41) is 32.2. The molecule has 0 spiro atoms. The monoisotopic (exact) mass is 314 g/mol. The molecule has 8 heteroatoms. The molecule has 3 aromatic rings. The number of pyridine rings is 1. The first-order valence-electron chi connectivity index (χ1n) is 6.78. The van der Waals surface area contributed by atoms with E-state index in [2.05, 4.69) is 15.3 Å². The number of hydrogen-bond acceptors (Lipinski definition) is 7. The molecule has 8 nitrogen and oxygen atoms in total. The Morgan fingerprint density at radius 1 is 1.17 bits per heavy atom. The van der Waals surface area contributed by atoms with Gasteiger partial charge in [-0.3, -0.25) is 4.79 Å². The zero-order chi connectivity index (χ0) is 16.6. The van der Waals surface area contributed by atoms with Gasteiger partial charge in [-0.1, -0.05) is 6.07 Å². The number of nitrogens with zero attached hydrogens (tertiary/aromatic N) is 3. The van der Waals surface area contributed by atoms with E-state index in [0.717, 1.165) is 0 Å². The van der Waals surface area contributed by atoms with E-state index in [1.165, 1.54) is 24.5 Å². The van der Waals surface area contributed by atoms with Crippen molar-refractivity contribution >= 4 is 16.7 Å². The van der Waals surface area contributed by atoms with E-state index in [0.29, 0.717) is 33.6 Å². The van der Waals surface area contributed by atoms with Crippen molar-refractivity contribution in [2.24, 2.45) is 0 Å². The molecule has 0 saturated heterocycles. The van der Waals surface area contributed by atoms with Crippen LogP contribution in [0.1, 0.15) is 11.3 Å². The fourth-order valence-corrected chi connectivity index (χ4v) is 2.31. The van der Waals surface area contributed by atoms with E-state index < -0.39 is 5.56 Å². The Bertz CT molecular complexity index is 952. The van der Waals surface area contributed by atoms with Gasteiger partial charge in [0.15, 0.2) is 17.1 Å². The number of hydrogen-bond donors (Lipinski definition) is 4. The van der Waals surface area contributed by atoms with Gasteiger partial charge >= 0.3 is 0 Å². The van der Waals surface area contributed by atoms with Crippen molar-refractivity contribution in [1.29, 1.82) is 0 Å². The fraction of sp³-hybridized carbons (Fsp3) is 0.133. The van der Waals surface area contributed by atoms with Gasteiger partial charge < -0.3 is 20.7 Å². The number of phenols is 2. The van der Waals surface area contributed by atoms with E-state index >= 15 is 0 Å². The Hall–Kier alpha value is -3.29. The van der Waals surface area contributed by atoms with Crippen molar-refractivity contribution in [3.8, 4) is 11.5 Å². The van der Waals surface area contributed by atoms with Gasteiger partial charge in [-0.15, -0.1) is 4.73 Å². The quantitative estimate of drug-likeness (QED) is 0.425. The molecular formula is C15H14N4O4. The summed E-state index contributed by atoms with van der Waals surface area (Å²) in [7, 11) is 0. The number of aromatic hydroxyl groups is 2. The lowest BCUT2D eigenvalue weighted by Crippen LogP contribution is -2.20. The van der Waals surface area contributed by atoms with E-state index in [1.807, 2.05) is 0 Å². The molecule has 0 radical (unpaired) electrons. The van der Waals surface area contributed by atoms with Crippen molar-refractivity contribution in [2.45, 2.75) is 13.5 Å². The molecule has 0 amide bonds. The third-order valence-electron chi connectivity index (χ3n) is 3.49. The first-order valence-corrected chi connectivity index (χ1v) is 6.78. The Labute approximate surface area is 130 Å². The zero-order valence-electron chi connectivity index (χ0n) is 12.2. The number of aryl methyl sites for hydroxylation is 1. The number of benzene rings is 1. The predicted molar refractivity (Wildman–Crippen MR) is 82.8 cm³/mol. The van der Waals surface area contributed by atoms with Crippen LogP contribution in [0.5, 0.6) is 11.5 Å². The van der Waals surface area contributed by atoms with E-state index in [1.54, 1.807) is 13.0 Å². The number of aromatic nitrogens is 3. The summed E-state index contributed by atoms with van der Waals surface area (Å²) < 4.78 is 0.474.